The van der Waals surface area contributed by atoms with Crippen LogP contribution >= 0.6 is 0 Å². The van der Waals surface area contributed by atoms with Crippen LogP contribution in [0.3, 0.4) is 0 Å². The summed E-state index contributed by atoms with van der Waals surface area (Å²) in [5.41, 5.74) is 2.98. The van der Waals surface area contributed by atoms with E-state index in [1.54, 1.807) is 36.4 Å². The molecule has 3 heteroatoms. The number of hydrogen-bond donors (Lipinski definition) is 0. The fourth-order valence-corrected chi connectivity index (χ4v) is 1.95. The molecule has 0 spiro atoms. The number of carbonyl (C=O) groups is 1. The first-order valence-corrected chi connectivity index (χ1v) is 5.88. The summed E-state index contributed by atoms with van der Waals surface area (Å²) in [4.78, 5) is 10.7. The van der Waals surface area contributed by atoms with Crippen molar-refractivity contribution < 1.29 is 9.53 Å². The molecule has 0 aliphatic rings. The maximum atomic E-state index is 10.7. The summed E-state index contributed by atoms with van der Waals surface area (Å²) in [6.07, 6.45) is 0.783. The number of benzene rings is 2. The molecular formula is C16H13NO2. The predicted molar refractivity (Wildman–Crippen MR) is 72.5 cm³/mol. The van der Waals surface area contributed by atoms with Gasteiger partial charge in [0.05, 0.1) is 11.6 Å². The van der Waals surface area contributed by atoms with Crippen LogP contribution in [-0.2, 0) is 0 Å². The van der Waals surface area contributed by atoms with Crippen molar-refractivity contribution >= 4 is 6.29 Å². The van der Waals surface area contributed by atoms with Gasteiger partial charge in [-0.3, -0.25) is 4.79 Å². The minimum absolute atomic E-state index is 0.571. The molecule has 0 saturated carbocycles. The average molecular weight is 251 g/mol. The molecule has 2 rings (SSSR count). The molecule has 0 fully saturated rings. The van der Waals surface area contributed by atoms with E-state index in [0.29, 0.717) is 16.9 Å². The number of ether oxygens (including phenoxy) is 1. The van der Waals surface area contributed by atoms with Crippen molar-refractivity contribution in [3.8, 4) is 17.6 Å². The molecule has 0 atom stereocenters. The predicted octanol–water partition coefficient (Wildman–Crippen LogP) is 3.78. The number of aryl methyl sites for hydroxylation is 2. The van der Waals surface area contributed by atoms with Crippen LogP contribution in [0.5, 0.6) is 11.5 Å². The number of hydrogen-bond acceptors (Lipinski definition) is 3. The minimum atomic E-state index is 0.571. The lowest BCUT2D eigenvalue weighted by Gasteiger charge is -2.12. The van der Waals surface area contributed by atoms with E-state index in [4.69, 9.17) is 10.00 Å². The highest BCUT2D eigenvalue weighted by atomic mass is 16.5. The van der Waals surface area contributed by atoms with Crippen molar-refractivity contribution in [1.29, 1.82) is 5.26 Å². The Kier molecular flexibility index (Phi) is 3.63. The summed E-state index contributed by atoms with van der Waals surface area (Å²) < 4.78 is 5.81. The fraction of sp³-hybridized carbons (Fsp3) is 0.125. The minimum Gasteiger partial charge on any atom is -0.457 e. The molecule has 3 nitrogen and oxygen atoms in total. The number of rotatable bonds is 3. The van der Waals surface area contributed by atoms with Crippen LogP contribution in [-0.4, -0.2) is 6.29 Å². The van der Waals surface area contributed by atoms with E-state index in [9.17, 15) is 4.79 Å². The highest BCUT2D eigenvalue weighted by Crippen LogP contribution is 2.29. The van der Waals surface area contributed by atoms with Gasteiger partial charge >= 0.3 is 0 Å². The largest absolute Gasteiger partial charge is 0.457 e. The molecule has 0 unspecified atom stereocenters. The van der Waals surface area contributed by atoms with Gasteiger partial charge in [0, 0.05) is 5.56 Å². The van der Waals surface area contributed by atoms with Crippen LogP contribution in [0.25, 0.3) is 0 Å². The van der Waals surface area contributed by atoms with Gasteiger partial charge in [0.2, 0.25) is 0 Å². The van der Waals surface area contributed by atoms with Crippen molar-refractivity contribution in [2.45, 2.75) is 13.8 Å². The second-order valence-electron chi connectivity index (χ2n) is 4.34. The quantitative estimate of drug-likeness (QED) is 0.780. The molecule has 0 bridgehead atoms. The van der Waals surface area contributed by atoms with Crippen molar-refractivity contribution in [3.63, 3.8) is 0 Å². The standard InChI is InChI=1S/C16H13NO2/c1-11-6-14(9-17)7-12(2)16(11)19-15-5-3-4-13(8-15)10-18/h3-8,10H,1-2H3. The second kappa shape index (κ2) is 5.36. The summed E-state index contributed by atoms with van der Waals surface area (Å²) in [7, 11) is 0. The Morgan fingerprint density at radius 2 is 1.84 bits per heavy atom. The molecule has 2 aromatic carbocycles. The molecule has 0 saturated heterocycles. The Morgan fingerprint density at radius 3 is 2.42 bits per heavy atom. The molecule has 0 N–H and O–H groups in total. The third-order valence-corrected chi connectivity index (χ3v) is 2.80. The number of carbonyl (C=O) groups excluding carboxylic acids is 1. The van der Waals surface area contributed by atoms with Crippen LogP contribution in [0.1, 0.15) is 27.0 Å². The van der Waals surface area contributed by atoms with Gasteiger partial charge in [0.1, 0.15) is 17.8 Å². The average Bonchev–Trinajstić information content (AvgIpc) is 2.42. The van der Waals surface area contributed by atoms with Crippen LogP contribution in [0.15, 0.2) is 36.4 Å². The van der Waals surface area contributed by atoms with E-state index in [1.165, 1.54) is 0 Å². The Balaban J connectivity index is 2.38. The molecule has 2 aromatic rings. The summed E-state index contributed by atoms with van der Waals surface area (Å²) in [6, 6.07) is 12.7. The van der Waals surface area contributed by atoms with Crippen LogP contribution < -0.4 is 4.74 Å². The van der Waals surface area contributed by atoms with E-state index in [-0.39, 0.29) is 0 Å². The molecule has 0 aliphatic carbocycles. The van der Waals surface area contributed by atoms with Crippen LogP contribution in [0.4, 0.5) is 0 Å². The van der Waals surface area contributed by atoms with Crippen LogP contribution in [0.2, 0.25) is 0 Å². The lowest BCUT2D eigenvalue weighted by atomic mass is 10.1. The Labute approximate surface area is 112 Å². The van der Waals surface area contributed by atoms with Crippen molar-refractivity contribution in [3.05, 3.63) is 58.7 Å². The fourth-order valence-electron chi connectivity index (χ4n) is 1.95. The van der Waals surface area contributed by atoms with Gasteiger partial charge in [0.25, 0.3) is 0 Å². The third-order valence-electron chi connectivity index (χ3n) is 2.80. The first-order valence-electron chi connectivity index (χ1n) is 5.88. The van der Waals surface area contributed by atoms with Gasteiger partial charge in [-0.25, -0.2) is 0 Å². The highest BCUT2D eigenvalue weighted by Gasteiger charge is 2.08. The summed E-state index contributed by atoms with van der Waals surface area (Å²) >= 11 is 0. The summed E-state index contributed by atoms with van der Waals surface area (Å²) in [6.45, 7) is 3.79. The zero-order valence-electron chi connectivity index (χ0n) is 10.8. The van der Waals surface area contributed by atoms with Gasteiger partial charge in [0.15, 0.2) is 0 Å². The second-order valence-corrected chi connectivity index (χ2v) is 4.34. The molecular weight excluding hydrogens is 238 g/mol. The number of aldehydes is 1. The molecule has 0 aliphatic heterocycles. The zero-order chi connectivity index (χ0) is 13.8. The van der Waals surface area contributed by atoms with E-state index >= 15 is 0 Å². The molecule has 0 radical (unpaired) electrons. The first kappa shape index (κ1) is 12.8. The Hall–Kier alpha value is -2.60. The van der Waals surface area contributed by atoms with E-state index in [0.717, 1.165) is 23.2 Å². The van der Waals surface area contributed by atoms with E-state index < -0.39 is 0 Å². The lowest BCUT2D eigenvalue weighted by Crippen LogP contribution is -1.93. The third kappa shape index (κ3) is 2.80. The van der Waals surface area contributed by atoms with Gasteiger partial charge in [-0.15, -0.1) is 0 Å². The first-order chi connectivity index (χ1) is 9.13. The lowest BCUT2D eigenvalue weighted by molar-refractivity contribution is 0.112. The molecule has 19 heavy (non-hydrogen) atoms. The molecule has 0 aromatic heterocycles. The number of nitrogens with zero attached hydrogens (tertiary/aromatic N) is 1. The van der Waals surface area contributed by atoms with Crippen molar-refractivity contribution in [2.75, 3.05) is 0 Å². The summed E-state index contributed by atoms with van der Waals surface area (Å²) in [5, 5.41) is 8.91. The maximum absolute atomic E-state index is 10.7. The number of nitriles is 1. The summed E-state index contributed by atoms with van der Waals surface area (Å²) in [5.74, 6) is 1.34. The topological polar surface area (TPSA) is 50.1 Å². The SMILES string of the molecule is Cc1cc(C#N)cc(C)c1Oc1cccc(C=O)c1. The van der Waals surface area contributed by atoms with Crippen molar-refractivity contribution in [2.24, 2.45) is 0 Å². The Bertz CT molecular complexity index is 646. The van der Waals surface area contributed by atoms with Gasteiger partial charge in [-0.2, -0.15) is 5.26 Å². The van der Waals surface area contributed by atoms with Crippen molar-refractivity contribution in [1.82, 2.24) is 0 Å². The van der Waals surface area contributed by atoms with Gasteiger partial charge in [-0.1, -0.05) is 12.1 Å². The normalized spacial score (nSPS) is 9.74. The van der Waals surface area contributed by atoms with Gasteiger partial charge in [-0.05, 0) is 49.2 Å². The molecule has 0 amide bonds. The van der Waals surface area contributed by atoms with Crippen LogP contribution in [0, 0.1) is 25.2 Å². The van der Waals surface area contributed by atoms with E-state index in [1.807, 2.05) is 13.8 Å². The van der Waals surface area contributed by atoms with Gasteiger partial charge < -0.3 is 4.74 Å². The molecule has 0 heterocycles. The monoisotopic (exact) mass is 251 g/mol. The molecule has 94 valence electrons. The maximum Gasteiger partial charge on any atom is 0.150 e. The smallest absolute Gasteiger partial charge is 0.150 e. The zero-order valence-corrected chi connectivity index (χ0v) is 10.8. The Morgan fingerprint density at radius 1 is 1.16 bits per heavy atom. The highest BCUT2D eigenvalue weighted by molar-refractivity contribution is 5.75. The van der Waals surface area contributed by atoms with E-state index in [2.05, 4.69) is 6.07 Å².